The Balaban J connectivity index is 2.91. The molecule has 25 heavy (non-hydrogen) atoms. The summed E-state index contributed by atoms with van der Waals surface area (Å²) < 4.78 is 0. The molecule has 134 valence electrons. The predicted octanol–water partition coefficient (Wildman–Crippen LogP) is 3.24. The number of carboxylic acids is 1. The number of hydrogen-bond acceptors (Lipinski definition) is 4. The van der Waals surface area contributed by atoms with Crippen molar-refractivity contribution < 1.29 is 14.7 Å². The first-order valence-electron chi connectivity index (χ1n) is 8.25. The third-order valence-corrected chi connectivity index (χ3v) is 3.63. The molecule has 0 heterocycles. The first-order valence-corrected chi connectivity index (χ1v) is 8.25. The smallest absolute Gasteiger partial charge is 0.326 e. The molecule has 0 aliphatic carbocycles. The van der Waals surface area contributed by atoms with Crippen LogP contribution in [0.15, 0.2) is 36.0 Å². The van der Waals surface area contributed by atoms with Gasteiger partial charge in [-0.05, 0) is 29.9 Å². The molecule has 1 unspecified atom stereocenters. The normalized spacial score (nSPS) is 12.6. The highest BCUT2D eigenvalue weighted by atomic mass is 16.4. The van der Waals surface area contributed by atoms with Gasteiger partial charge < -0.3 is 15.7 Å². The van der Waals surface area contributed by atoms with E-state index in [1.807, 2.05) is 45.9 Å². The molecular formula is C19H25N3O3. The largest absolute Gasteiger partial charge is 0.480 e. The second-order valence-electron chi connectivity index (χ2n) is 6.55. The number of aliphatic carboxylic acids is 1. The lowest BCUT2D eigenvalue weighted by molar-refractivity contribution is -0.139. The fraction of sp³-hybridized carbons (Fsp3) is 0.421. The molecule has 0 aromatic heterocycles. The van der Waals surface area contributed by atoms with Crippen LogP contribution in [0.2, 0.25) is 0 Å². The van der Waals surface area contributed by atoms with Crippen LogP contribution in [0.25, 0.3) is 0 Å². The van der Waals surface area contributed by atoms with Crippen molar-refractivity contribution in [1.82, 2.24) is 5.32 Å². The van der Waals surface area contributed by atoms with Gasteiger partial charge in [0.05, 0.1) is 0 Å². The number of carboxylic acid groups (broad SMARTS) is 1. The fourth-order valence-electron chi connectivity index (χ4n) is 2.35. The number of nitriles is 1. The van der Waals surface area contributed by atoms with Crippen LogP contribution < -0.4 is 10.6 Å². The van der Waals surface area contributed by atoms with Gasteiger partial charge in [-0.3, -0.25) is 4.79 Å². The molecule has 0 radical (unpaired) electrons. The number of nitrogens with one attached hydrogen (secondary N) is 2. The number of hydrogen-bond donors (Lipinski definition) is 3. The predicted molar refractivity (Wildman–Crippen MR) is 96.9 cm³/mol. The monoisotopic (exact) mass is 343 g/mol. The first-order chi connectivity index (χ1) is 11.8. The second-order valence-corrected chi connectivity index (χ2v) is 6.55. The summed E-state index contributed by atoms with van der Waals surface area (Å²) >= 11 is 0. The van der Waals surface area contributed by atoms with Crippen molar-refractivity contribution in [2.45, 2.75) is 46.1 Å². The van der Waals surface area contributed by atoms with Gasteiger partial charge in [0.1, 0.15) is 17.7 Å². The SMILES string of the molecule is CC(C)CC(N/C=C(/C#N)C(=O)Nc1ccccc1C(C)C)C(=O)O. The molecule has 0 saturated carbocycles. The molecule has 0 aliphatic heterocycles. The highest BCUT2D eigenvalue weighted by Gasteiger charge is 2.19. The molecule has 1 rings (SSSR count). The lowest BCUT2D eigenvalue weighted by Crippen LogP contribution is -2.35. The van der Waals surface area contributed by atoms with E-state index in [4.69, 9.17) is 0 Å². The van der Waals surface area contributed by atoms with Crippen molar-refractivity contribution in [3.05, 3.63) is 41.6 Å². The van der Waals surface area contributed by atoms with E-state index in [9.17, 15) is 20.0 Å². The van der Waals surface area contributed by atoms with Crippen molar-refractivity contribution in [3.63, 3.8) is 0 Å². The van der Waals surface area contributed by atoms with Gasteiger partial charge in [0.2, 0.25) is 0 Å². The molecule has 3 N–H and O–H groups in total. The maximum Gasteiger partial charge on any atom is 0.326 e. The zero-order valence-electron chi connectivity index (χ0n) is 15.0. The number of amides is 1. The molecule has 0 aliphatic rings. The average molecular weight is 343 g/mol. The molecule has 0 spiro atoms. The molecule has 6 nitrogen and oxygen atoms in total. The molecule has 6 heteroatoms. The summed E-state index contributed by atoms with van der Waals surface area (Å²) in [6, 6.07) is 8.34. The third-order valence-electron chi connectivity index (χ3n) is 3.63. The van der Waals surface area contributed by atoms with Gasteiger partial charge in [-0.15, -0.1) is 0 Å². The Morgan fingerprint density at radius 1 is 1.24 bits per heavy atom. The van der Waals surface area contributed by atoms with Crippen LogP contribution in [0.3, 0.4) is 0 Å². The first kappa shape index (κ1) is 20.2. The van der Waals surface area contributed by atoms with Crippen LogP contribution in [-0.2, 0) is 9.59 Å². The molecular weight excluding hydrogens is 318 g/mol. The summed E-state index contributed by atoms with van der Waals surface area (Å²) in [5.74, 6) is -1.21. The number of carbonyl (C=O) groups is 2. The standard InChI is InChI=1S/C19H25N3O3/c1-12(2)9-17(19(24)25)21-11-14(10-20)18(23)22-16-8-6-5-7-15(16)13(3)4/h5-8,11-13,17,21H,9H2,1-4H3,(H,22,23)(H,24,25)/b14-11-. The summed E-state index contributed by atoms with van der Waals surface area (Å²) in [6.45, 7) is 7.83. The highest BCUT2D eigenvalue weighted by molar-refractivity contribution is 6.06. The molecule has 1 aromatic carbocycles. The molecule has 1 atom stereocenters. The Bertz CT molecular complexity index is 687. The number of benzene rings is 1. The van der Waals surface area contributed by atoms with E-state index in [1.54, 1.807) is 12.1 Å². The number of anilines is 1. The van der Waals surface area contributed by atoms with Crippen LogP contribution in [0.1, 0.15) is 45.6 Å². The van der Waals surface area contributed by atoms with Gasteiger partial charge in [0.15, 0.2) is 0 Å². The number of rotatable bonds is 8. The summed E-state index contributed by atoms with van der Waals surface area (Å²) in [6.07, 6.45) is 1.57. The average Bonchev–Trinajstić information content (AvgIpc) is 2.54. The zero-order chi connectivity index (χ0) is 19.0. The van der Waals surface area contributed by atoms with E-state index in [2.05, 4.69) is 10.6 Å². The molecule has 1 amide bonds. The second kappa shape index (κ2) is 9.48. The molecule has 0 fully saturated rings. The van der Waals surface area contributed by atoms with Crippen molar-refractivity contribution in [2.75, 3.05) is 5.32 Å². The Morgan fingerprint density at radius 3 is 2.40 bits per heavy atom. The van der Waals surface area contributed by atoms with E-state index in [0.717, 1.165) is 5.56 Å². The number of nitrogens with zero attached hydrogens (tertiary/aromatic N) is 1. The quantitative estimate of drug-likeness (QED) is 0.497. The highest BCUT2D eigenvalue weighted by Crippen LogP contribution is 2.24. The minimum Gasteiger partial charge on any atom is -0.480 e. The third kappa shape index (κ3) is 6.30. The number of carbonyl (C=O) groups excluding carboxylic acids is 1. The van der Waals surface area contributed by atoms with Gasteiger partial charge >= 0.3 is 5.97 Å². The zero-order valence-corrected chi connectivity index (χ0v) is 15.0. The summed E-state index contributed by atoms with van der Waals surface area (Å²) in [7, 11) is 0. The number of para-hydroxylation sites is 1. The Labute approximate surface area is 148 Å². The Kier molecular flexibility index (Phi) is 7.67. The topological polar surface area (TPSA) is 102 Å². The van der Waals surface area contributed by atoms with Crippen molar-refractivity contribution in [3.8, 4) is 6.07 Å². The van der Waals surface area contributed by atoms with E-state index < -0.39 is 17.9 Å². The van der Waals surface area contributed by atoms with Gasteiger partial charge in [-0.1, -0.05) is 45.9 Å². The lowest BCUT2D eigenvalue weighted by atomic mass is 10.0. The van der Waals surface area contributed by atoms with Crippen LogP contribution in [0.4, 0.5) is 5.69 Å². The Morgan fingerprint density at radius 2 is 1.88 bits per heavy atom. The summed E-state index contributed by atoms with van der Waals surface area (Å²) in [5, 5.41) is 23.8. The maximum atomic E-state index is 12.3. The minimum atomic E-state index is -1.02. The van der Waals surface area contributed by atoms with E-state index in [0.29, 0.717) is 12.1 Å². The van der Waals surface area contributed by atoms with Crippen molar-refractivity contribution in [2.24, 2.45) is 5.92 Å². The van der Waals surface area contributed by atoms with Crippen LogP contribution in [0, 0.1) is 17.2 Å². The van der Waals surface area contributed by atoms with Crippen LogP contribution in [0.5, 0.6) is 0 Å². The van der Waals surface area contributed by atoms with Gasteiger partial charge in [0, 0.05) is 11.9 Å². The summed E-state index contributed by atoms with van der Waals surface area (Å²) in [4.78, 5) is 23.6. The van der Waals surface area contributed by atoms with Gasteiger partial charge in [0.25, 0.3) is 5.91 Å². The van der Waals surface area contributed by atoms with Gasteiger partial charge in [-0.25, -0.2) is 4.79 Å². The minimum absolute atomic E-state index is 0.166. The van der Waals surface area contributed by atoms with Crippen LogP contribution in [-0.4, -0.2) is 23.0 Å². The molecule has 1 aromatic rings. The van der Waals surface area contributed by atoms with Crippen molar-refractivity contribution in [1.29, 1.82) is 5.26 Å². The summed E-state index contributed by atoms with van der Waals surface area (Å²) in [5.41, 5.74) is 1.43. The van der Waals surface area contributed by atoms with Crippen molar-refractivity contribution >= 4 is 17.6 Å². The maximum absolute atomic E-state index is 12.3. The molecule has 0 bridgehead atoms. The van der Waals surface area contributed by atoms with Crippen LogP contribution >= 0.6 is 0 Å². The lowest BCUT2D eigenvalue weighted by Gasteiger charge is -2.16. The van der Waals surface area contributed by atoms with E-state index in [1.165, 1.54) is 6.20 Å². The van der Waals surface area contributed by atoms with Gasteiger partial charge in [-0.2, -0.15) is 5.26 Å². The van der Waals surface area contributed by atoms with E-state index in [-0.39, 0.29) is 17.4 Å². The Hall–Kier alpha value is -2.81. The fourth-order valence-corrected chi connectivity index (χ4v) is 2.35. The molecule has 0 saturated heterocycles. The van der Waals surface area contributed by atoms with E-state index >= 15 is 0 Å².